The number of rotatable bonds is 2. The van der Waals surface area contributed by atoms with Gasteiger partial charge in [-0.2, -0.15) is 0 Å². The summed E-state index contributed by atoms with van der Waals surface area (Å²) < 4.78 is 0. The van der Waals surface area contributed by atoms with Gasteiger partial charge in [-0.15, -0.1) is 0 Å². The third-order valence-electron chi connectivity index (χ3n) is 5.20. The molecule has 0 bridgehead atoms. The van der Waals surface area contributed by atoms with Crippen molar-refractivity contribution in [1.82, 2.24) is 0 Å². The Morgan fingerprint density at radius 3 is 2.46 bits per heavy atom. The largest absolute Gasteiger partial charge is 0.481 e. The molecule has 1 amide bonds. The highest BCUT2D eigenvalue weighted by molar-refractivity contribution is 6.02. The fourth-order valence-corrected chi connectivity index (χ4v) is 4.03. The van der Waals surface area contributed by atoms with Crippen LogP contribution in [-0.4, -0.2) is 23.5 Å². The van der Waals surface area contributed by atoms with E-state index in [1.807, 2.05) is 42.5 Å². The van der Waals surface area contributed by atoms with E-state index in [1.165, 1.54) is 5.56 Å². The van der Waals surface area contributed by atoms with Crippen molar-refractivity contribution in [1.29, 1.82) is 0 Å². The van der Waals surface area contributed by atoms with Gasteiger partial charge >= 0.3 is 5.97 Å². The molecule has 1 N–H and O–H groups in total. The van der Waals surface area contributed by atoms with E-state index in [4.69, 9.17) is 0 Å². The third kappa shape index (κ3) is 2.30. The van der Waals surface area contributed by atoms with Crippen molar-refractivity contribution < 1.29 is 14.7 Å². The van der Waals surface area contributed by atoms with Crippen molar-refractivity contribution in [2.24, 2.45) is 0 Å². The Kier molecular flexibility index (Phi) is 3.60. The van der Waals surface area contributed by atoms with E-state index < -0.39 is 11.9 Å². The molecule has 2 aliphatic rings. The van der Waals surface area contributed by atoms with Crippen LogP contribution in [0.4, 0.5) is 5.69 Å². The molecule has 2 atom stereocenters. The van der Waals surface area contributed by atoms with Crippen LogP contribution in [0.25, 0.3) is 0 Å². The first-order chi connectivity index (χ1) is 11.7. The Morgan fingerprint density at radius 2 is 1.67 bits per heavy atom. The zero-order valence-electron chi connectivity index (χ0n) is 13.3. The number of aliphatic carboxylic acids is 1. The summed E-state index contributed by atoms with van der Waals surface area (Å²) in [4.78, 5) is 26.5. The molecule has 2 aromatic carbocycles. The molecule has 4 nitrogen and oxygen atoms in total. The predicted molar refractivity (Wildman–Crippen MR) is 91.3 cm³/mol. The highest BCUT2D eigenvalue weighted by Crippen LogP contribution is 2.40. The van der Waals surface area contributed by atoms with Crippen molar-refractivity contribution in [2.45, 2.75) is 31.1 Å². The van der Waals surface area contributed by atoms with Gasteiger partial charge in [0.1, 0.15) is 5.92 Å². The van der Waals surface area contributed by atoms with Gasteiger partial charge in [0.15, 0.2) is 0 Å². The van der Waals surface area contributed by atoms with Crippen LogP contribution in [0.15, 0.2) is 48.5 Å². The van der Waals surface area contributed by atoms with Gasteiger partial charge in [0.2, 0.25) is 5.91 Å². The summed E-state index contributed by atoms with van der Waals surface area (Å²) in [6.45, 7) is 0.228. The van der Waals surface area contributed by atoms with Crippen LogP contribution in [0.1, 0.15) is 41.4 Å². The number of amides is 1. The van der Waals surface area contributed by atoms with E-state index in [-0.39, 0.29) is 18.4 Å². The van der Waals surface area contributed by atoms with Crippen molar-refractivity contribution in [3.8, 4) is 0 Å². The molecule has 0 saturated carbocycles. The minimum Gasteiger partial charge on any atom is -0.481 e. The maximum atomic E-state index is 13.2. The number of aryl methyl sites for hydroxylation is 1. The summed E-state index contributed by atoms with van der Waals surface area (Å²) in [5, 5.41) is 9.49. The lowest BCUT2D eigenvalue weighted by atomic mass is 9.82. The Labute approximate surface area is 140 Å². The molecule has 4 rings (SSSR count). The third-order valence-corrected chi connectivity index (χ3v) is 5.20. The average molecular weight is 321 g/mol. The molecule has 0 aromatic heterocycles. The van der Waals surface area contributed by atoms with Gasteiger partial charge in [0.25, 0.3) is 0 Å². The number of carbonyl (C=O) groups excluding carboxylic acids is 1. The maximum Gasteiger partial charge on any atom is 0.312 e. The fourth-order valence-electron chi connectivity index (χ4n) is 4.03. The molecule has 24 heavy (non-hydrogen) atoms. The normalized spacial score (nSPS) is 21.9. The van der Waals surface area contributed by atoms with Crippen molar-refractivity contribution in [3.63, 3.8) is 0 Å². The monoisotopic (exact) mass is 321 g/mol. The predicted octanol–water partition coefficient (Wildman–Crippen LogP) is 3.32. The highest BCUT2D eigenvalue weighted by Gasteiger charge is 2.39. The molecule has 1 aliphatic heterocycles. The van der Waals surface area contributed by atoms with Gasteiger partial charge in [-0.1, -0.05) is 42.5 Å². The average Bonchev–Trinajstić information content (AvgIpc) is 3.00. The number of carboxylic acid groups (broad SMARTS) is 1. The standard InChI is InChI=1S/C20H19NO3/c22-19(16-10-5-7-13-6-1-2-8-14(13)16)21-12-17(20(23)24)15-9-3-4-11-18(15)21/h1-4,6,8-9,11,16-17H,5,7,10,12H2,(H,23,24). The first-order valence-electron chi connectivity index (χ1n) is 8.37. The Balaban J connectivity index is 1.71. The molecule has 0 saturated heterocycles. The van der Waals surface area contributed by atoms with Crippen molar-refractivity contribution >= 4 is 17.6 Å². The smallest absolute Gasteiger partial charge is 0.312 e. The van der Waals surface area contributed by atoms with Crippen molar-refractivity contribution in [2.75, 3.05) is 11.4 Å². The Morgan fingerprint density at radius 1 is 0.958 bits per heavy atom. The second-order valence-electron chi connectivity index (χ2n) is 6.54. The van der Waals surface area contributed by atoms with E-state index in [0.717, 1.165) is 36.1 Å². The van der Waals surface area contributed by atoms with Gasteiger partial charge < -0.3 is 10.0 Å². The fraction of sp³-hybridized carbons (Fsp3) is 0.300. The zero-order chi connectivity index (χ0) is 16.7. The van der Waals surface area contributed by atoms with Gasteiger partial charge in [0.05, 0.1) is 5.92 Å². The molecule has 0 radical (unpaired) electrons. The number of carboxylic acids is 1. The quantitative estimate of drug-likeness (QED) is 0.923. The van der Waals surface area contributed by atoms with Crippen LogP contribution in [0.3, 0.4) is 0 Å². The first kappa shape index (κ1) is 14.9. The van der Waals surface area contributed by atoms with Crippen LogP contribution in [0.2, 0.25) is 0 Å². The van der Waals surface area contributed by atoms with E-state index in [1.54, 1.807) is 4.90 Å². The van der Waals surface area contributed by atoms with Crippen LogP contribution < -0.4 is 4.90 Å². The van der Waals surface area contributed by atoms with Gasteiger partial charge in [-0.05, 0) is 42.0 Å². The Bertz CT molecular complexity index is 814. The SMILES string of the molecule is O=C(O)C1CN(C(=O)C2CCCc3ccccc32)c2ccccc21. The number of benzene rings is 2. The lowest BCUT2D eigenvalue weighted by Gasteiger charge is -2.29. The van der Waals surface area contributed by atoms with Crippen LogP contribution in [0, 0.1) is 0 Å². The second kappa shape index (κ2) is 5.78. The Hall–Kier alpha value is -2.62. The van der Waals surface area contributed by atoms with E-state index >= 15 is 0 Å². The number of nitrogens with zero attached hydrogens (tertiary/aromatic N) is 1. The number of hydrogen-bond acceptors (Lipinski definition) is 2. The number of hydrogen-bond donors (Lipinski definition) is 1. The zero-order valence-corrected chi connectivity index (χ0v) is 13.3. The topological polar surface area (TPSA) is 57.6 Å². The lowest BCUT2D eigenvalue weighted by molar-refractivity contribution is -0.138. The molecule has 2 unspecified atom stereocenters. The molecule has 122 valence electrons. The highest BCUT2D eigenvalue weighted by atomic mass is 16.4. The summed E-state index contributed by atoms with van der Waals surface area (Å²) >= 11 is 0. The molecule has 4 heteroatoms. The van der Waals surface area contributed by atoms with Gasteiger partial charge in [-0.25, -0.2) is 0 Å². The molecule has 0 fully saturated rings. The van der Waals surface area contributed by atoms with Gasteiger partial charge in [0, 0.05) is 12.2 Å². The maximum absolute atomic E-state index is 13.2. The molecular weight excluding hydrogens is 302 g/mol. The van der Waals surface area contributed by atoms with Gasteiger partial charge in [-0.3, -0.25) is 9.59 Å². The number of para-hydroxylation sites is 1. The minimum atomic E-state index is -0.873. The number of carbonyl (C=O) groups is 2. The summed E-state index contributed by atoms with van der Waals surface area (Å²) in [7, 11) is 0. The van der Waals surface area contributed by atoms with E-state index in [9.17, 15) is 14.7 Å². The summed E-state index contributed by atoms with van der Waals surface area (Å²) in [5.74, 6) is -1.65. The lowest BCUT2D eigenvalue weighted by Crippen LogP contribution is -2.36. The minimum absolute atomic E-state index is 0.0262. The summed E-state index contributed by atoms with van der Waals surface area (Å²) in [6.07, 6.45) is 2.83. The van der Waals surface area contributed by atoms with E-state index in [2.05, 4.69) is 6.07 Å². The number of fused-ring (bicyclic) bond motifs is 2. The van der Waals surface area contributed by atoms with E-state index in [0.29, 0.717) is 0 Å². The number of anilines is 1. The molecular formula is C20H19NO3. The van der Waals surface area contributed by atoms with Crippen LogP contribution in [-0.2, 0) is 16.0 Å². The summed E-state index contributed by atoms with van der Waals surface area (Å²) in [6, 6.07) is 15.5. The van der Waals surface area contributed by atoms with Crippen molar-refractivity contribution in [3.05, 3.63) is 65.2 Å². The first-order valence-corrected chi connectivity index (χ1v) is 8.37. The molecule has 0 spiro atoms. The molecule has 2 aromatic rings. The van der Waals surface area contributed by atoms with Crippen LogP contribution in [0.5, 0.6) is 0 Å². The second-order valence-corrected chi connectivity index (χ2v) is 6.54. The summed E-state index contributed by atoms with van der Waals surface area (Å²) in [5.41, 5.74) is 3.83. The van der Waals surface area contributed by atoms with Crippen LogP contribution >= 0.6 is 0 Å². The molecule has 1 heterocycles. The molecule has 1 aliphatic carbocycles.